The Balaban J connectivity index is 1.66. The van der Waals surface area contributed by atoms with Crippen molar-refractivity contribution in [2.45, 2.75) is 17.4 Å². The van der Waals surface area contributed by atoms with Crippen molar-refractivity contribution in [3.63, 3.8) is 0 Å². The minimum atomic E-state index is -3.82. The van der Waals surface area contributed by atoms with E-state index in [0.29, 0.717) is 11.1 Å². The van der Waals surface area contributed by atoms with Gasteiger partial charge in [-0.25, -0.2) is 13.2 Å². The summed E-state index contributed by atoms with van der Waals surface area (Å²) in [6.45, 7) is -0.288. The Labute approximate surface area is 137 Å². The summed E-state index contributed by atoms with van der Waals surface area (Å²) in [6.07, 6.45) is -0.673. The maximum absolute atomic E-state index is 12.7. The monoisotopic (exact) mass is 347 g/mol. The zero-order valence-electron chi connectivity index (χ0n) is 12.5. The molecule has 0 spiro atoms. The predicted molar refractivity (Wildman–Crippen MR) is 83.9 cm³/mol. The Hall–Kier alpha value is -2.61. The summed E-state index contributed by atoms with van der Waals surface area (Å²) in [6, 6.07) is 10.2. The lowest BCUT2D eigenvalue weighted by Crippen LogP contribution is -2.36. The van der Waals surface area contributed by atoms with Crippen LogP contribution in [0.1, 0.15) is 6.42 Å². The number of sulfonamides is 1. The van der Waals surface area contributed by atoms with E-state index in [1.807, 2.05) is 12.1 Å². The average molecular weight is 347 g/mol. The smallest absolute Gasteiger partial charge is 0.347 e. The van der Waals surface area contributed by atoms with Crippen LogP contribution in [0, 0.1) is 0 Å². The predicted octanol–water partition coefficient (Wildman–Crippen LogP) is 1.21. The third kappa shape index (κ3) is 2.14. The third-order valence-electron chi connectivity index (χ3n) is 4.11. The lowest BCUT2D eigenvalue weighted by Gasteiger charge is -2.18. The number of carbonyl (C=O) groups is 2. The number of rotatable bonds is 3. The maximum Gasteiger partial charge on any atom is 0.347 e. The molecule has 4 rings (SSSR count). The molecule has 0 aliphatic carbocycles. The van der Waals surface area contributed by atoms with E-state index < -0.39 is 34.6 Å². The van der Waals surface area contributed by atoms with Gasteiger partial charge in [0.2, 0.25) is 6.10 Å². The van der Waals surface area contributed by atoms with Crippen LogP contribution < -0.4 is 4.31 Å². The number of benzene rings is 2. The highest BCUT2D eigenvalue weighted by molar-refractivity contribution is 7.93. The van der Waals surface area contributed by atoms with Crippen LogP contribution in [0.3, 0.4) is 0 Å². The van der Waals surface area contributed by atoms with Gasteiger partial charge < -0.3 is 9.47 Å². The fraction of sp³-hybridized carbons (Fsp3) is 0.250. The van der Waals surface area contributed by atoms with Gasteiger partial charge in [0, 0.05) is 11.8 Å². The first-order chi connectivity index (χ1) is 11.5. The van der Waals surface area contributed by atoms with Crippen LogP contribution in [0.25, 0.3) is 10.8 Å². The van der Waals surface area contributed by atoms with Crippen LogP contribution in [-0.2, 0) is 29.1 Å². The van der Waals surface area contributed by atoms with Gasteiger partial charge in [-0.2, -0.15) is 0 Å². The number of nitrogens with zero attached hydrogens (tertiary/aromatic N) is 1. The van der Waals surface area contributed by atoms with Gasteiger partial charge in [-0.05, 0) is 17.5 Å². The summed E-state index contributed by atoms with van der Waals surface area (Å²) >= 11 is 0. The van der Waals surface area contributed by atoms with Gasteiger partial charge in [0.1, 0.15) is 6.54 Å². The van der Waals surface area contributed by atoms with Crippen LogP contribution >= 0.6 is 0 Å². The number of hydrogen-bond acceptors (Lipinski definition) is 6. The molecule has 2 aromatic rings. The molecular formula is C16H13NO6S. The Bertz CT molecular complexity index is 962. The van der Waals surface area contributed by atoms with E-state index in [-0.39, 0.29) is 17.9 Å². The highest BCUT2D eigenvalue weighted by Gasteiger charge is 2.38. The van der Waals surface area contributed by atoms with Crippen molar-refractivity contribution in [3.8, 4) is 0 Å². The Kier molecular flexibility index (Phi) is 3.24. The average Bonchev–Trinajstić information content (AvgIpc) is 3.04. The molecule has 7 nitrogen and oxygen atoms in total. The molecule has 2 heterocycles. The van der Waals surface area contributed by atoms with Crippen molar-refractivity contribution < 1.29 is 27.5 Å². The van der Waals surface area contributed by atoms with Gasteiger partial charge in [0.05, 0.1) is 17.2 Å². The van der Waals surface area contributed by atoms with E-state index in [1.54, 1.807) is 18.2 Å². The van der Waals surface area contributed by atoms with Gasteiger partial charge in [-0.15, -0.1) is 0 Å². The van der Waals surface area contributed by atoms with Crippen molar-refractivity contribution in [3.05, 3.63) is 36.4 Å². The van der Waals surface area contributed by atoms with E-state index in [9.17, 15) is 18.0 Å². The van der Waals surface area contributed by atoms with Crippen molar-refractivity contribution in [2.24, 2.45) is 0 Å². The first-order valence-electron chi connectivity index (χ1n) is 7.39. The second-order valence-electron chi connectivity index (χ2n) is 5.58. The van der Waals surface area contributed by atoms with Gasteiger partial charge in [0.25, 0.3) is 10.0 Å². The molecule has 0 bridgehead atoms. The molecule has 2 aliphatic heterocycles. The topological polar surface area (TPSA) is 90.0 Å². The Morgan fingerprint density at radius 1 is 1.25 bits per heavy atom. The number of hydrogen-bond donors (Lipinski definition) is 0. The SMILES string of the molecule is O=C(CN1c2cccc3cccc(c23)S1(=O)=O)O[C@H]1CCOC1=O. The normalized spacial score (nSPS) is 21.1. The van der Waals surface area contributed by atoms with Gasteiger partial charge in [-0.1, -0.05) is 24.3 Å². The largest absolute Gasteiger partial charge is 0.463 e. The van der Waals surface area contributed by atoms with E-state index >= 15 is 0 Å². The molecule has 0 unspecified atom stereocenters. The molecule has 1 fully saturated rings. The van der Waals surface area contributed by atoms with Crippen LogP contribution in [0.5, 0.6) is 0 Å². The first kappa shape index (κ1) is 14.9. The lowest BCUT2D eigenvalue weighted by molar-refractivity contribution is -0.159. The summed E-state index contributed by atoms with van der Waals surface area (Å²) < 4.78 is 36.3. The fourth-order valence-electron chi connectivity index (χ4n) is 3.03. The Morgan fingerprint density at radius 3 is 2.71 bits per heavy atom. The molecular weight excluding hydrogens is 334 g/mol. The second kappa shape index (κ2) is 5.20. The molecule has 8 heteroatoms. The molecule has 0 N–H and O–H groups in total. The number of ether oxygens (including phenoxy) is 2. The summed E-state index contributed by atoms with van der Waals surface area (Å²) in [7, 11) is -3.82. The highest BCUT2D eigenvalue weighted by atomic mass is 32.2. The van der Waals surface area contributed by atoms with Crippen LogP contribution in [0.4, 0.5) is 5.69 Å². The van der Waals surface area contributed by atoms with Crippen molar-refractivity contribution in [1.82, 2.24) is 0 Å². The summed E-state index contributed by atoms with van der Waals surface area (Å²) in [5, 5.41) is 1.37. The number of carbonyl (C=O) groups excluding carboxylic acids is 2. The standard InChI is InChI=1S/C16H13NO6S/c18-14(23-12-7-8-22-16(12)19)9-17-11-5-1-3-10-4-2-6-13(15(10)11)24(17,20)21/h1-6,12H,7-9H2/t12-/m0/s1. The summed E-state index contributed by atoms with van der Waals surface area (Å²) in [4.78, 5) is 23.7. The third-order valence-corrected chi connectivity index (χ3v) is 5.92. The minimum absolute atomic E-state index is 0.170. The van der Waals surface area contributed by atoms with Crippen LogP contribution in [0.2, 0.25) is 0 Å². The molecule has 2 aromatic carbocycles. The number of esters is 2. The molecule has 0 aromatic heterocycles. The van der Waals surface area contributed by atoms with Crippen molar-refractivity contribution in [2.75, 3.05) is 17.5 Å². The van der Waals surface area contributed by atoms with E-state index in [2.05, 4.69) is 0 Å². The molecule has 2 aliphatic rings. The molecule has 1 saturated heterocycles. The summed E-state index contributed by atoms with van der Waals surface area (Å²) in [5.41, 5.74) is 0.439. The fourth-order valence-corrected chi connectivity index (χ4v) is 4.68. The highest BCUT2D eigenvalue weighted by Crippen LogP contribution is 2.41. The van der Waals surface area contributed by atoms with E-state index in [0.717, 1.165) is 9.69 Å². The van der Waals surface area contributed by atoms with Gasteiger partial charge in [0.15, 0.2) is 0 Å². The molecule has 124 valence electrons. The number of cyclic esters (lactones) is 1. The zero-order valence-corrected chi connectivity index (χ0v) is 13.3. The van der Waals surface area contributed by atoms with Crippen LogP contribution in [0.15, 0.2) is 41.3 Å². The molecule has 1 atom stereocenters. The van der Waals surface area contributed by atoms with E-state index in [1.165, 1.54) is 6.07 Å². The lowest BCUT2D eigenvalue weighted by atomic mass is 10.1. The van der Waals surface area contributed by atoms with Crippen LogP contribution in [-0.4, -0.2) is 39.6 Å². The maximum atomic E-state index is 12.7. The Morgan fingerprint density at radius 2 is 2.00 bits per heavy atom. The van der Waals surface area contributed by atoms with Crippen molar-refractivity contribution >= 4 is 38.4 Å². The number of anilines is 1. The van der Waals surface area contributed by atoms with Crippen molar-refractivity contribution in [1.29, 1.82) is 0 Å². The summed E-state index contributed by atoms with van der Waals surface area (Å²) in [5.74, 6) is -1.38. The quantitative estimate of drug-likeness (QED) is 0.775. The molecule has 0 saturated carbocycles. The molecule has 0 radical (unpaired) electrons. The minimum Gasteiger partial charge on any atom is -0.463 e. The van der Waals surface area contributed by atoms with Gasteiger partial charge in [-0.3, -0.25) is 9.10 Å². The molecule has 24 heavy (non-hydrogen) atoms. The van der Waals surface area contributed by atoms with Gasteiger partial charge >= 0.3 is 11.9 Å². The molecule has 0 amide bonds. The zero-order chi connectivity index (χ0) is 16.9. The van der Waals surface area contributed by atoms with E-state index in [4.69, 9.17) is 9.47 Å². The second-order valence-corrected chi connectivity index (χ2v) is 7.41. The first-order valence-corrected chi connectivity index (χ1v) is 8.83.